The van der Waals surface area contributed by atoms with Crippen LogP contribution in [0.1, 0.15) is 19.4 Å². The summed E-state index contributed by atoms with van der Waals surface area (Å²) in [5, 5.41) is 0.553. The number of ether oxygens (including phenoxy) is 2. The lowest BCUT2D eigenvalue weighted by Gasteiger charge is -2.15. The minimum absolute atomic E-state index is 0.106. The molecule has 0 spiro atoms. The number of hydrogen-bond donors (Lipinski definition) is 2. The predicted molar refractivity (Wildman–Crippen MR) is 99.1 cm³/mol. The van der Waals surface area contributed by atoms with Crippen LogP contribution in [0.25, 0.3) is 0 Å². The number of carbonyl (C=O) groups is 2. The molecule has 0 aliphatic rings. The molecule has 0 aromatic heterocycles. The lowest BCUT2D eigenvalue weighted by Crippen LogP contribution is -2.47. The van der Waals surface area contributed by atoms with Crippen molar-refractivity contribution in [1.82, 2.24) is 10.9 Å². The normalized spacial score (nSPS) is 11.3. The molecule has 0 saturated carbocycles. The summed E-state index contributed by atoms with van der Waals surface area (Å²) in [4.78, 5) is 23.9. The molecule has 2 amide bonds. The average Bonchev–Trinajstić information content (AvgIpc) is 2.61. The summed E-state index contributed by atoms with van der Waals surface area (Å²) in [6, 6.07) is 13.9. The maximum Gasteiger partial charge on any atom is 0.279 e. The van der Waals surface area contributed by atoms with E-state index >= 15 is 0 Å². The third kappa shape index (κ3) is 6.29. The van der Waals surface area contributed by atoms with Crippen LogP contribution >= 0.6 is 11.6 Å². The lowest BCUT2D eigenvalue weighted by atomic mass is 10.1. The Morgan fingerprint density at radius 3 is 2.42 bits per heavy atom. The second-order valence-electron chi connectivity index (χ2n) is 5.51. The number of halogens is 1. The maximum atomic E-state index is 12.0. The van der Waals surface area contributed by atoms with Gasteiger partial charge in [0.1, 0.15) is 11.5 Å². The van der Waals surface area contributed by atoms with Crippen molar-refractivity contribution in [3.63, 3.8) is 0 Å². The van der Waals surface area contributed by atoms with Gasteiger partial charge < -0.3 is 9.47 Å². The molecule has 6 nitrogen and oxygen atoms in total. The Bertz CT molecular complexity index is 749. The Balaban J connectivity index is 1.78. The molecule has 0 saturated heterocycles. The molecule has 2 aromatic carbocycles. The van der Waals surface area contributed by atoms with Crippen LogP contribution in [0.15, 0.2) is 48.5 Å². The third-order valence-electron chi connectivity index (χ3n) is 3.40. The Morgan fingerprint density at radius 2 is 1.77 bits per heavy atom. The van der Waals surface area contributed by atoms with Crippen molar-refractivity contribution in [3.05, 3.63) is 59.1 Å². The van der Waals surface area contributed by atoms with E-state index in [1.807, 2.05) is 6.92 Å². The van der Waals surface area contributed by atoms with Crippen molar-refractivity contribution in [2.24, 2.45) is 0 Å². The van der Waals surface area contributed by atoms with Crippen molar-refractivity contribution in [2.75, 3.05) is 6.61 Å². The number of hydrogen-bond acceptors (Lipinski definition) is 4. The number of benzene rings is 2. The summed E-state index contributed by atoms with van der Waals surface area (Å²) in [7, 11) is 0. The minimum atomic E-state index is -0.778. The first kappa shape index (κ1) is 19.6. The summed E-state index contributed by atoms with van der Waals surface area (Å²) in [6.45, 7) is 4.07. The lowest BCUT2D eigenvalue weighted by molar-refractivity contribution is -0.132. The van der Waals surface area contributed by atoms with E-state index in [0.29, 0.717) is 17.4 Å². The van der Waals surface area contributed by atoms with E-state index in [0.717, 1.165) is 11.3 Å². The van der Waals surface area contributed by atoms with E-state index < -0.39 is 12.0 Å². The molecule has 0 fully saturated rings. The van der Waals surface area contributed by atoms with Gasteiger partial charge in [-0.3, -0.25) is 20.4 Å². The summed E-state index contributed by atoms with van der Waals surface area (Å²) in [6.07, 6.45) is -0.672. The fourth-order valence-electron chi connectivity index (χ4n) is 2.15. The van der Waals surface area contributed by atoms with Crippen molar-refractivity contribution in [2.45, 2.75) is 26.4 Å². The van der Waals surface area contributed by atoms with E-state index in [2.05, 4.69) is 10.9 Å². The van der Waals surface area contributed by atoms with Gasteiger partial charge in [-0.05, 0) is 55.8 Å². The van der Waals surface area contributed by atoms with Crippen molar-refractivity contribution >= 4 is 23.4 Å². The van der Waals surface area contributed by atoms with Gasteiger partial charge in [0.2, 0.25) is 5.91 Å². The fraction of sp³-hybridized carbons (Fsp3) is 0.263. The molecule has 0 aliphatic heterocycles. The molecule has 0 bridgehead atoms. The second kappa shape index (κ2) is 9.68. The first-order chi connectivity index (χ1) is 12.5. The third-order valence-corrected chi connectivity index (χ3v) is 3.63. The largest absolute Gasteiger partial charge is 0.494 e. The minimum Gasteiger partial charge on any atom is -0.494 e. The number of amides is 2. The van der Waals surface area contributed by atoms with Gasteiger partial charge in [0.25, 0.3) is 5.91 Å². The Morgan fingerprint density at radius 1 is 1.08 bits per heavy atom. The molecule has 2 N–H and O–H groups in total. The Labute approximate surface area is 157 Å². The van der Waals surface area contributed by atoms with Crippen molar-refractivity contribution in [3.8, 4) is 11.5 Å². The highest BCUT2D eigenvalue weighted by atomic mass is 35.5. The monoisotopic (exact) mass is 376 g/mol. The van der Waals surface area contributed by atoms with E-state index in [4.69, 9.17) is 21.1 Å². The molecular weight excluding hydrogens is 356 g/mol. The summed E-state index contributed by atoms with van der Waals surface area (Å²) in [5.74, 6) is 0.443. The smallest absolute Gasteiger partial charge is 0.279 e. The van der Waals surface area contributed by atoms with Gasteiger partial charge >= 0.3 is 0 Å². The molecule has 2 rings (SSSR count). The topological polar surface area (TPSA) is 76.7 Å². The zero-order valence-corrected chi connectivity index (χ0v) is 15.4. The van der Waals surface area contributed by atoms with Gasteiger partial charge in [0.05, 0.1) is 13.0 Å². The average molecular weight is 377 g/mol. The van der Waals surface area contributed by atoms with Crippen LogP contribution in [-0.4, -0.2) is 24.5 Å². The molecule has 1 unspecified atom stereocenters. The molecule has 0 heterocycles. The van der Waals surface area contributed by atoms with Crippen LogP contribution < -0.4 is 20.3 Å². The Hall–Kier alpha value is -2.73. The highest BCUT2D eigenvalue weighted by Crippen LogP contribution is 2.18. The van der Waals surface area contributed by atoms with Gasteiger partial charge in [-0.25, -0.2) is 0 Å². The van der Waals surface area contributed by atoms with Crippen LogP contribution in [-0.2, 0) is 16.0 Å². The molecule has 138 valence electrons. The van der Waals surface area contributed by atoms with E-state index in [9.17, 15) is 9.59 Å². The summed E-state index contributed by atoms with van der Waals surface area (Å²) < 4.78 is 10.9. The first-order valence-electron chi connectivity index (χ1n) is 8.20. The predicted octanol–water partition coefficient (Wildman–Crippen LogP) is 2.90. The molecule has 7 heteroatoms. The summed E-state index contributed by atoms with van der Waals surface area (Å²) in [5.41, 5.74) is 5.46. The molecular formula is C19H21ClN2O4. The van der Waals surface area contributed by atoms with Gasteiger partial charge in [-0.2, -0.15) is 0 Å². The molecule has 0 aliphatic carbocycles. The fourth-order valence-corrected chi connectivity index (χ4v) is 2.36. The van der Waals surface area contributed by atoms with Crippen LogP contribution in [0.3, 0.4) is 0 Å². The van der Waals surface area contributed by atoms with Gasteiger partial charge in [0, 0.05) is 5.02 Å². The van der Waals surface area contributed by atoms with Crippen molar-refractivity contribution < 1.29 is 19.1 Å². The second-order valence-corrected chi connectivity index (χ2v) is 5.95. The van der Waals surface area contributed by atoms with E-state index in [1.165, 1.54) is 0 Å². The Kier molecular flexibility index (Phi) is 7.29. The highest BCUT2D eigenvalue weighted by molar-refractivity contribution is 6.30. The summed E-state index contributed by atoms with van der Waals surface area (Å²) >= 11 is 5.88. The highest BCUT2D eigenvalue weighted by Gasteiger charge is 2.15. The molecule has 26 heavy (non-hydrogen) atoms. The SMILES string of the molecule is CCOc1ccc(OC(C)C(=O)NNC(=O)Cc2cccc(Cl)c2)cc1. The van der Waals surface area contributed by atoms with Gasteiger partial charge in [0.15, 0.2) is 6.10 Å². The van der Waals surface area contributed by atoms with Crippen molar-refractivity contribution in [1.29, 1.82) is 0 Å². The zero-order valence-electron chi connectivity index (χ0n) is 14.6. The van der Waals surface area contributed by atoms with Gasteiger partial charge in [-0.1, -0.05) is 23.7 Å². The van der Waals surface area contributed by atoms with Crippen LogP contribution in [0.2, 0.25) is 5.02 Å². The maximum absolute atomic E-state index is 12.0. The number of nitrogens with one attached hydrogen (secondary N) is 2. The number of rotatable bonds is 7. The van der Waals surface area contributed by atoms with Crippen LogP contribution in [0.4, 0.5) is 0 Å². The van der Waals surface area contributed by atoms with Crippen LogP contribution in [0, 0.1) is 0 Å². The quantitative estimate of drug-likeness (QED) is 0.728. The number of carbonyl (C=O) groups excluding carboxylic acids is 2. The standard InChI is InChI=1S/C19H21ClN2O4/c1-3-25-16-7-9-17(10-8-16)26-13(2)19(24)22-21-18(23)12-14-5-4-6-15(20)11-14/h4-11,13H,3,12H2,1-2H3,(H,21,23)(H,22,24). The molecule has 2 aromatic rings. The van der Waals surface area contributed by atoms with E-state index in [-0.39, 0.29) is 12.3 Å². The van der Waals surface area contributed by atoms with Crippen LogP contribution in [0.5, 0.6) is 11.5 Å². The zero-order chi connectivity index (χ0) is 18.9. The number of hydrazine groups is 1. The molecule has 1 atom stereocenters. The first-order valence-corrected chi connectivity index (χ1v) is 8.58. The van der Waals surface area contributed by atoms with E-state index in [1.54, 1.807) is 55.5 Å². The van der Waals surface area contributed by atoms with Gasteiger partial charge in [-0.15, -0.1) is 0 Å². The molecule has 0 radical (unpaired) electrons.